The topological polar surface area (TPSA) is 52.0 Å². The van der Waals surface area contributed by atoms with Gasteiger partial charge in [0.1, 0.15) is 5.52 Å². The quantitative estimate of drug-likeness (QED) is 0.863. The molecule has 0 bridgehead atoms. The molecule has 0 spiro atoms. The van der Waals surface area contributed by atoms with Crippen LogP contribution in [0.15, 0.2) is 21.0 Å². The minimum absolute atomic E-state index is 0.343. The molecule has 2 rings (SSSR count). The second-order valence-electron chi connectivity index (χ2n) is 4.09. The summed E-state index contributed by atoms with van der Waals surface area (Å²) in [6.07, 6.45) is 2.20. The molecule has 4 heteroatoms. The highest BCUT2D eigenvalue weighted by Gasteiger charge is 2.14. The Morgan fingerprint density at radius 3 is 2.94 bits per heavy atom. The van der Waals surface area contributed by atoms with Crippen LogP contribution in [0.2, 0.25) is 0 Å². The summed E-state index contributed by atoms with van der Waals surface area (Å²) in [5.74, 6) is 1.12. The maximum Gasteiger partial charge on any atom is 0.198 e. The zero-order valence-electron chi connectivity index (χ0n) is 9.46. The molecule has 1 aromatic carbocycles. The number of halogens is 1. The van der Waals surface area contributed by atoms with E-state index in [0.717, 1.165) is 28.7 Å². The van der Waals surface area contributed by atoms with Crippen LogP contribution in [0, 0.1) is 0 Å². The lowest BCUT2D eigenvalue weighted by molar-refractivity contribution is 0.468. The Morgan fingerprint density at radius 2 is 2.25 bits per heavy atom. The highest BCUT2D eigenvalue weighted by molar-refractivity contribution is 9.10. The molecular formula is C12H15BrN2O. The Labute approximate surface area is 103 Å². The molecule has 0 aliphatic carbocycles. The summed E-state index contributed by atoms with van der Waals surface area (Å²) in [6.45, 7) is 4.28. The molecular weight excluding hydrogens is 268 g/mol. The fraction of sp³-hybridized carbons (Fsp3) is 0.417. The van der Waals surface area contributed by atoms with Crippen LogP contribution in [0.5, 0.6) is 0 Å². The number of rotatable bonds is 3. The zero-order chi connectivity index (χ0) is 11.7. The van der Waals surface area contributed by atoms with E-state index in [-0.39, 0.29) is 0 Å². The second kappa shape index (κ2) is 4.45. The first-order valence-corrected chi connectivity index (χ1v) is 6.26. The smallest absolute Gasteiger partial charge is 0.198 e. The molecule has 0 radical (unpaired) electrons. The SMILES string of the molecule is CCCC(C)c1nc2cc(Br)cc(N)c2o1. The van der Waals surface area contributed by atoms with Crippen molar-refractivity contribution >= 4 is 32.7 Å². The molecule has 3 nitrogen and oxygen atoms in total. The summed E-state index contributed by atoms with van der Waals surface area (Å²) < 4.78 is 6.64. The molecule has 86 valence electrons. The van der Waals surface area contributed by atoms with Gasteiger partial charge in [-0.25, -0.2) is 4.98 Å². The fourth-order valence-corrected chi connectivity index (χ4v) is 2.27. The molecule has 2 aromatic rings. The van der Waals surface area contributed by atoms with Crippen LogP contribution in [0.25, 0.3) is 11.1 Å². The standard InChI is InChI=1S/C12H15BrN2O/c1-3-4-7(2)12-15-10-6-8(13)5-9(14)11(10)16-12/h5-7H,3-4,14H2,1-2H3. The maximum absolute atomic E-state index is 5.88. The van der Waals surface area contributed by atoms with Crippen molar-refractivity contribution in [3.8, 4) is 0 Å². The Balaban J connectivity index is 2.47. The number of fused-ring (bicyclic) bond motifs is 1. The van der Waals surface area contributed by atoms with Gasteiger partial charge >= 0.3 is 0 Å². The number of nitrogen functional groups attached to an aromatic ring is 1. The molecule has 1 atom stereocenters. The minimum Gasteiger partial charge on any atom is -0.438 e. The van der Waals surface area contributed by atoms with Gasteiger partial charge in [-0.3, -0.25) is 0 Å². The predicted molar refractivity (Wildman–Crippen MR) is 69.4 cm³/mol. The van der Waals surface area contributed by atoms with E-state index in [1.54, 1.807) is 0 Å². The third-order valence-corrected chi connectivity index (χ3v) is 3.10. The number of hydrogen-bond acceptors (Lipinski definition) is 3. The predicted octanol–water partition coefficient (Wildman–Crippen LogP) is 4.08. The Bertz CT molecular complexity index is 507. The first-order valence-electron chi connectivity index (χ1n) is 5.47. The number of hydrogen-bond donors (Lipinski definition) is 1. The van der Waals surface area contributed by atoms with Crippen LogP contribution in [-0.4, -0.2) is 4.98 Å². The van der Waals surface area contributed by atoms with Crippen molar-refractivity contribution in [2.24, 2.45) is 0 Å². The average Bonchev–Trinajstić information content (AvgIpc) is 2.62. The molecule has 1 heterocycles. The van der Waals surface area contributed by atoms with Gasteiger partial charge in [0.25, 0.3) is 0 Å². The minimum atomic E-state index is 0.343. The monoisotopic (exact) mass is 282 g/mol. The number of aromatic nitrogens is 1. The van der Waals surface area contributed by atoms with E-state index in [4.69, 9.17) is 10.2 Å². The van der Waals surface area contributed by atoms with Gasteiger partial charge in [0.2, 0.25) is 0 Å². The van der Waals surface area contributed by atoms with Crippen molar-refractivity contribution < 1.29 is 4.42 Å². The van der Waals surface area contributed by atoms with Crippen LogP contribution in [-0.2, 0) is 0 Å². The molecule has 2 N–H and O–H groups in total. The van der Waals surface area contributed by atoms with Crippen molar-refractivity contribution in [3.05, 3.63) is 22.5 Å². The molecule has 16 heavy (non-hydrogen) atoms. The van der Waals surface area contributed by atoms with Gasteiger partial charge < -0.3 is 10.2 Å². The largest absolute Gasteiger partial charge is 0.438 e. The molecule has 0 aliphatic rings. The van der Waals surface area contributed by atoms with Crippen molar-refractivity contribution in [3.63, 3.8) is 0 Å². The van der Waals surface area contributed by atoms with Gasteiger partial charge in [0, 0.05) is 10.4 Å². The Kier molecular flexibility index (Phi) is 3.19. The van der Waals surface area contributed by atoms with Crippen molar-refractivity contribution in [1.29, 1.82) is 0 Å². The highest BCUT2D eigenvalue weighted by Crippen LogP contribution is 2.30. The van der Waals surface area contributed by atoms with Gasteiger partial charge in [0.05, 0.1) is 5.69 Å². The number of nitrogens with zero attached hydrogens (tertiary/aromatic N) is 1. The van der Waals surface area contributed by atoms with Crippen LogP contribution < -0.4 is 5.73 Å². The highest BCUT2D eigenvalue weighted by atomic mass is 79.9. The van der Waals surface area contributed by atoms with E-state index < -0.39 is 0 Å². The van der Waals surface area contributed by atoms with Gasteiger partial charge in [-0.15, -0.1) is 0 Å². The normalized spacial score (nSPS) is 13.2. The first-order chi connectivity index (χ1) is 7.61. The van der Waals surface area contributed by atoms with Gasteiger partial charge in [-0.05, 0) is 18.6 Å². The summed E-state index contributed by atoms with van der Waals surface area (Å²) in [5, 5.41) is 0. The number of benzene rings is 1. The lowest BCUT2D eigenvalue weighted by atomic mass is 10.1. The molecule has 0 amide bonds. The lowest BCUT2D eigenvalue weighted by Crippen LogP contribution is -1.91. The third kappa shape index (κ3) is 2.07. The van der Waals surface area contributed by atoms with Crippen molar-refractivity contribution in [1.82, 2.24) is 4.98 Å². The molecule has 1 aromatic heterocycles. The maximum atomic E-state index is 5.88. The summed E-state index contributed by atoms with van der Waals surface area (Å²) in [7, 11) is 0. The van der Waals surface area contributed by atoms with Crippen molar-refractivity contribution in [2.45, 2.75) is 32.6 Å². The summed E-state index contributed by atoms with van der Waals surface area (Å²) in [6, 6.07) is 3.76. The van der Waals surface area contributed by atoms with E-state index in [9.17, 15) is 0 Å². The summed E-state index contributed by atoms with van der Waals surface area (Å²) in [5.41, 5.74) is 8.03. The fourth-order valence-electron chi connectivity index (χ4n) is 1.81. The number of oxazole rings is 1. The molecule has 0 saturated carbocycles. The molecule has 0 fully saturated rings. The Hall–Kier alpha value is -1.03. The van der Waals surface area contributed by atoms with Crippen molar-refractivity contribution in [2.75, 3.05) is 5.73 Å². The van der Waals surface area contributed by atoms with E-state index in [2.05, 4.69) is 34.8 Å². The Morgan fingerprint density at radius 1 is 1.50 bits per heavy atom. The van der Waals surface area contributed by atoms with E-state index in [1.165, 1.54) is 0 Å². The van der Waals surface area contributed by atoms with E-state index in [0.29, 0.717) is 17.2 Å². The average molecular weight is 283 g/mol. The van der Waals surface area contributed by atoms with Crippen LogP contribution >= 0.6 is 15.9 Å². The van der Waals surface area contributed by atoms with E-state index >= 15 is 0 Å². The summed E-state index contributed by atoms with van der Waals surface area (Å²) >= 11 is 3.40. The van der Waals surface area contributed by atoms with Gasteiger partial charge in [-0.2, -0.15) is 0 Å². The lowest BCUT2D eigenvalue weighted by Gasteiger charge is -2.02. The summed E-state index contributed by atoms with van der Waals surface area (Å²) in [4.78, 5) is 4.48. The second-order valence-corrected chi connectivity index (χ2v) is 5.00. The van der Waals surface area contributed by atoms with Crippen LogP contribution in [0.3, 0.4) is 0 Å². The molecule has 1 unspecified atom stereocenters. The molecule has 0 saturated heterocycles. The van der Waals surface area contributed by atoms with Crippen LogP contribution in [0.1, 0.15) is 38.5 Å². The van der Waals surface area contributed by atoms with Crippen LogP contribution in [0.4, 0.5) is 5.69 Å². The van der Waals surface area contributed by atoms with Gasteiger partial charge in [-0.1, -0.05) is 36.2 Å². The zero-order valence-corrected chi connectivity index (χ0v) is 11.0. The number of nitrogens with two attached hydrogens (primary N) is 1. The van der Waals surface area contributed by atoms with E-state index in [1.807, 2.05) is 12.1 Å². The first kappa shape index (κ1) is 11.5. The van der Waals surface area contributed by atoms with Gasteiger partial charge in [0.15, 0.2) is 11.5 Å². The number of anilines is 1. The third-order valence-electron chi connectivity index (χ3n) is 2.64. The molecule has 0 aliphatic heterocycles.